The summed E-state index contributed by atoms with van der Waals surface area (Å²) in [5.74, 6) is 0.743. The number of nitrogens with one attached hydrogen (secondary N) is 2. The highest BCUT2D eigenvalue weighted by atomic mass is 16.1. The van der Waals surface area contributed by atoms with Gasteiger partial charge in [0, 0.05) is 24.3 Å². The highest BCUT2D eigenvalue weighted by molar-refractivity contribution is 5.89. The van der Waals surface area contributed by atoms with Gasteiger partial charge in [0.2, 0.25) is 5.91 Å². The lowest BCUT2D eigenvalue weighted by atomic mass is 9.70. The molecule has 116 valence electrons. The van der Waals surface area contributed by atoms with Crippen LogP contribution in [-0.4, -0.2) is 11.9 Å². The van der Waals surface area contributed by atoms with Crippen LogP contribution in [0.1, 0.15) is 52.5 Å². The van der Waals surface area contributed by atoms with Crippen LogP contribution in [0.15, 0.2) is 18.2 Å². The third-order valence-corrected chi connectivity index (χ3v) is 4.29. The summed E-state index contributed by atoms with van der Waals surface area (Å²) in [4.78, 5) is 11.1. The number of benzene rings is 1. The van der Waals surface area contributed by atoms with E-state index in [9.17, 15) is 4.79 Å². The Morgan fingerprint density at radius 3 is 2.57 bits per heavy atom. The summed E-state index contributed by atoms with van der Waals surface area (Å²) in [6.07, 6.45) is 3.76. The molecule has 0 aromatic heterocycles. The number of rotatable bonds is 3. The molecule has 21 heavy (non-hydrogen) atoms. The van der Waals surface area contributed by atoms with Crippen LogP contribution in [-0.2, 0) is 4.79 Å². The Bertz CT molecular complexity index is 522. The zero-order valence-electron chi connectivity index (χ0n) is 13.9. The maximum Gasteiger partial charge on any atom is 0.221 e. The van der Waals surface area contributed by atoms with E-state index in [1.807, 2.05) is 13.0 Å². The molecule has 0 saturated heterocycles. The van der Waals surface area contributed by atoms with E-state index in [4.69, 9.17) is 0 Å². The van der Waals surface area contributed by atoms with Crippen molar-refractivity contribution < 1.29 is 4.79 Å². The molecule has 0 spiro atoms. The van der Waals surface area contributed by atoms with Gasteiger partial charge in [-0.1, -0.05) is 20.8 Å². The van der Waals surface area contributed by atoms with Gasteiger partial charge >= 0.3 is 0 Å². The van der Waals surface area contributed by atoms with E-state index in [2.05, 4.69) is 43.5 Å². The Morgan fingerprint density at radius 2 is 2.00 bits per heavy atom. The summed E-state index contributed by atoms with van der Waals surface area (Å²) in [5.41, 5.74) is 3.56. The maximum atomic E-state index is 11.1. The van der Waals surface area contributed by atoms with Gasteiger partial charge in [-0.25, -0.2) is 0 Å². The molecule has 1 amide bonds. The van der Waals surface area contributed by atoms with Crippen molar-refractivity contribution in [2.45, 2.75) is 59.9 Å². The molecule has 0 aliphatic heterocycles. The molecule has 0 bridgehead atoms. The number of carbonyl (C=O) groups is 1. The number of hydrogen-bond donors (Lipinski definition) is 2. The summed E-state index contributed by atoms with van der Waals surface area (Å²) < 4.78 is 0. The standard InChI is InChI=1S/C18H28N2O/c1-12-8-16(11-18(4,5)10-12)20-15-6-7-17(13(2)9-15)19-14(3)21/h6-7,9,12,16,20H,8,10-11H2,1-5H3,(H,19,21). The molecule has 1 fully saturated rings. The lowest BCUT2D eigenvalue weighted by Crippen LogP contribution is -2.35. The SMILES string of the molecule is CC(=O)Nc1ccc(NC2CC(C)CC(C)(C)C2)cc1C. The Balaban J connectivity index is 2.06. The molecule has 1 aromatic rings. The number of amides is 1. The largest absolute Gasteiger partial charge is 0.382 e. The van der Waals surface area contributed by atoms with Gasteiger partial charge in [-0.3, -0.25) is 4.79 Å². The first-order valence-electron chi connectivity index (χ1n) is 7.90. The van der Waals surface area contributed by atoms with E-state index < -0.39 is 0 Å². The lowest BCUT2D eigenvalue weighted by molar-refractivity contribution is -0.114. The van der Waals surface area contributed by atoms with Crippen molar-refractivity contribution in [3.63, 3.8) is 0 Å². The van der Waals surface area contributed by atoms with Gasteiger partial charge in [-0.2, -0.15) is 0 Å². The van der Waals surface area contributed by atoms with E-state index in [1.165, 1.54) is 26.2 Å². The predicted octanol–water partition coefficient (Wildman–Crippen LogP) is 4.58. The molecule has 1 aliphatic carbocycles. The second-order valence-corrected chi connectivity index (χ2v) is 7.47. The molecule has 2 N–H and O–H groups in total. The molecule has 3 nitrogen and oxygen atoms in total. The summed E-state index contributed by atoms with van der Waals surface area (Å²) in [6, 6.07) is 6.70. The topological polar surface area (TPSA) is 41.1 Å². The number of anilines is 2. The normalized spacial score (nSPS) is 24.4. The zero-order chi connectivity index (χ0) is 15.6. The fraction of sp³-hybridized carbons (Fsp3) is 0.611. The van der Waals surface area contributed by atoms with Crippen LogP contribution in [0.25, 0.3) is 0 Å². The van der Waals surface area contributed by atoms with Crippen molar-refractivity contribution in [3.05, 3.63) is 23.8 Å². The molecule has 3 heteroatoms. The quantitative estimate of drug-likeness (QED) is 0.854. The summed E-state index contributed by atoms with van der Waals surface area (Å²) in [5, 5.41) is 6.53. The average molecular weight is 288 g/mol. The van der Waals surface area contributed by atoms with Crippen molar-refractivity contribution in [2.24, 2.45) is 11.3 Å². The van der Waals surface area contributed by atoms with Crippen molar-refractivity contribution in [3.8, 4) is 0 Å². The molecule has 1 aromatic carbocycles. The second kappa shape index (κ2) is 6.08. The fourth-order valence-electron chi connectivity index (χ4n) is 3.78. The van der Waals surface area contributed by atoms with Gasteiger partial charge in [-0.05, 0) is 61.3 Å². The van der Waals surface area contributed by atoms with E-state index >= 15 is 0 Å². The molecule has 2 atom stereocenters. The molecule has 2 unspecified atom stereocenters. The first-order chi connectivity index (χ1) is 9.75. The van der Waals surface area contributed by atoms with Crippen molar-refractivity contribution >= 4 is 17.3 Å². The Kier molecular flexibility index (Phi) is 4.60. The van der Waals surface area contributed by atoms with E-state index in [-0.39, 0.29) is 5.91 Å². The molecule has 1 aliphatic rings. The smallest absolute Gasteiger partial charge is 0.221 e. The summed E-state index contributed by atoms with van der Waals surface area (Å²) in [6.45, 7) is 10.6. The van der Waals surface area contributed by atoms with Gasteiger partial charge in [0.15, 0.2) is 0 Å². The summed E-state index contributed by atoms with van der Waals surface area (Å²) in [7, 11) is 0. The second-order valence-electron chi connectivity index (χ2n) is 7.47. The number of carbonyl (C=O) groups excluding carboxylic acids is 1. The minimum absolute atomic E-state index is 0.0262. The maximum absolute atomic E-state index is 11.1. The molecule has 0 heterocycles. The molecule has 2 rings (SSSR count). The summed E-state index contributed by atoms with van der Waals surface area (Å²) >= 11 is 0. The molecule has 1 saturated carbocycles. The van der Waals surface area contributed by atoms with Crippen LogP contribution in [0.5, 0.6) is 0 Å². The number of aryl methyl sites for hydroxylation is 1. The van der Waals surface area contributed by atoms with Gasteiger partial charge in [0.1, 0.15) is 0 Å². The van der Waals surface area contributed by atoms with E-state index in [0.29, 0.717) is 11.5 Å². The third kappa shape index (κ3) is 4.48. The van der Waals surface area contributed by atoms with Crippen molar-refractivity contribution in [2.75, 3.05) is 10.6 Å². The number of hydrogen-bond acceptors (Lipinski definition) is 2. The Hall–Kier alpha value is -1.51. The van der Waals surface area contributed by atoms with Gasteiger partial charge in [0.05, 0.1) is 0 Å². The van der Waals surface area contributed by atoms with Crippen LogP contribution in [0, 0.1) is 18.3 Å². The Labute approximate surface area is 128 Å². The van der Waals surface area contributed by atoms with E-state index in [0.717, 1.165) is 22.9 Å². The molecule has 0 radical (unpaired) electrons. The van der Waals surface area contributed by atoms with Crippen LogP contribution in [0.3, 0.4) is 0 Å². The fourth-order valence-corrected chi connectivity index (χ4v) is 3.78. The van der Waals surface area contributed by atoms with Crippen LogP contribution >= 0.6 is 0 Å². The zero-order valence-corrected chi connectivity index (χ0v) is 13.9. The highest BCUT2D eigenvalue weighted by Gasteiger charge is 2.31. The van der Waals surface area contributed by atoms with Crippen molar-refractivity contribution in [1.82, 2.24) is 0 Å². The van der Waals surface area contributed by atoms with Gasteiger partial charge in [-0.15, -0.1) is 0 Å². The van der Waals surface area contributed by atoms with Gasteiger partial charge < -0.3 is 10.6 Å². The van der Waals surface area contributed by atoms with Crippen LogP contribution < -0.4 is 10.6 Å². The monoisotopic (exact) mass is 288 g/mol. The average Bonchev–Trinajstić information content (AvgIpc) is 2.29. The van der Waals surface area contributed by atoms with Crippen molar-refractivity contribution in [1.29, 1.82) is 0 Å². The van der Waals surface area contributed by atoms with Crippen LogP contribution in [0.2, 0.25) is 0 Å². The van der Waals surface area contributed by atoms with Crippen LogP contribution in [0.4, 0.5) is 11.4 Å². The predicted molar refractivity (Wildman–Crippen MR) is 89.7 cm³/mol. The molecular formula is C18H28N2O. The first kappa shape index (κ1) is 15.9. The first-order valence-corrected chi connectivity index (χ1v) is 7.90. The van der Waals surface area contributed by atoms with E-state index in [1.54, 1.807) is 0 Å². The highest BCUT2D eigenvalue weighted by Crippen LogP contribution is 2.39. The lowest BCUT2D eigenvalue weighted by Gasteiger charge is -2.39. The third-order valence-electron chi connectivity index (χ3n) is 4.29. The molecular weight excluding hydrogens is 260 g/mol. The van der Waals surface area contributed by atoms with Gasteiger partial charge in [0.25, 0.3) is 0 Å². The Morgan fingerprint density at radius 1 is 1.29 bits per heavy atom. The minimum Gasteiger partial charge on any atom is -0.382 e. The minimum atomic E-state index is -0.0262.